The van der Waals surface area contributed by atoms with Crippen LogP contribution in [-0.4, -0.2) is 24.6 Å². The van der Waals surface area contributed by atoms with Crippen molar-refractivity contribution < 1.29 is 17.7 Å². The van der Waals surface area contributed by atoms with Crippen LogP contribution < -0.4 is 15.4 Å². The number of carbonyl (C=O) groups is 1. The number of benzene rings is 2. The van der Waals surface area contributed by atoms with Crippen LogP contribution in [0.3, 0.4) is 0 Å². The highest BCUT2D eigenvalue weighted by Crippen LogP contribution is 2.30. The lowest BCUT2D eigenvalue weighted by Gasteiger charge is -2.21. The molecule has 0 radical (unpaired) electrons. The molecule has 3 aromatic rings. The van der Waals surface area contributed by atoms with Gasteiger partial charge in [-0.25, -0.2) is 8.42 Å². The van der Waals surface area contributed by atoms with E-state index in [4.69, 9.17) is 16.7 Å². The van der Waals surface area contributed by atoms with Gasteiger partial charge in [0.05, 0.1) is 4.90 Å². The molecule has 0 aliphatic carbocycles. The molecule has 3 rings (SSSR count). The van der Waals surface area contributed by atoms with Gasteiger partial charge in [-0.2, -0.15) is 0 Å². The molecule has 3 N–H and O–H groups in total. The quantitative estimate of drug-likeness (QED) is 0.384. The molecule has 0 unspecified atom stereocenters. The van der Waals surface area contributed by atoms with Crippen molar-refractivity contribution in [2.45, 2.75) is 38.0 Å². The molecule has 0 aliphatic rings. The Labute approximate surface area is 206 Å². The molecule has 0 fully saturated rings. The zero-order chi connectivity index (χ0) is 24.4. The average Bonchev–Trinajstić information content (AvgIpc) is 3.11. The van der Waals surface area contributed by atoms with Gasteiger partial charge in [-0.05, 0) is 66.5 Å². The Kier molecular flexibility index (Phi) is 7.25. The number of hydrogen-bond donors (Lipinski definition) is 3. The zero-order valence-corrected chi connectivity index (χ0v) is 21.6. The van der Waals surface area contributed by atoms with E-state index in [0.29, 0.717) is 17.0 Å². The van der Waals surface area contributed by atoms with Crippen LogP contribution in [0.5, 0.6) is 0 Å². The number of aryl methyl sites for hydroxylation is 1. The van der Waals surface area contributed by atoms with Gasteiger partial charge in [0, 0.05) is 21.8 Å². The molecule has 2 aromatic carbocycles. The van der Waals surface area contributed by atoms with Crippen LogP contribution in [0.1, 0.15) is 42.5 Å². The average molecular weight is 551 g/mol. The lowest BCUT2D eigenvalue weighted by atomic mass is 9.86. The highest BCUT2D eigenvalue weighted by molar-refractivity contribution is 9.10. The summed E-state index contributed by atoms with van der Waals surface area (Å²) in [5.41, 5.74) is 1.99. The molecule has 11 heteroatoms. The summed E-state index contributed by atoms with van der Waals surface area (Å²) >= 11 is 8.75. The number of halogens is 1. The lowest BCUT2D eigenvalue weighted by Crippen LogP contribution is -2.34. The van der Waals surface area contributed by atoms with Gasteiger partial charge in [-0.3, -0.25) is 14.8 Å². The predicted octanol–water partition coefficient (Wildman–Crippen LogP) is 4.97. The molecule has 1 aromatic heterocycles. The third kappa shape index (κ3) is 6.40. The first-order valence-electron chi connectivity index (χ1n) is 9.84. The first-order chi connectivity index (χ1) is 15.3. The fourth-order valence-electron chi connectivity index (χ4n) is 2.93. The molecule has 0 atom stereocenters. The van der Waals surface area contributed by atoms with Crippen LogP contribution in [0.2, 0.25) is 0 Å². The summed E-state index contributed by atoms with van der Waals surface area (Å²) in [6.07, 6.45) is 0. The first kappa shape index (κ1) is 24.9. The summed E-state index contributed by atoms with van der Waals surface area (Å²) in [7, 11) is -3.83. The number of carbonyl (C=O) groups excluding carboxylic acids is 1. The van der Waals surface area contributed by atoms with Crippen LogP contribution in [-0.2, 0) is 15.4 Å². The third-order valence-corrected chi connectivity index (χ3v) is 6.79. The van der Waals surface area contributed by atoms with E-state index in [1.165, 1.54) is 30.3 Å². The highest BCUT2D eigenvalue weighted by Gasteiger charge is 2.19. The predicted molar refractivity (Wildman–Crippen MR) is 135 cm³/mol. The second-order valence-corrected chi connectivity index (χ2v) is 11.3. The Balaban J connectivity index is 1.62. The van der Waals surface area contributed by atoms with E-state index in [0.717, 1.165) is 10.0 Å². The van der Waals surface area contributed by atoms with Crippen molar-refractivity contribution in [1.29, 1.82) is 0 Å². The Morgan fingerprint density at radius 2 is 1.76 bits per heavy atom. The van der Waals surface area contributed by atoms with Gasteiger partial charge in [0.2, 0.25) is 0 Å². The monoisotopic (exact) mass is 550 g/mol. The Morgan fingerprint density at radius 1 is 1.09 bits per heavy atom. The van der Waals surface area contributed by atoms with Crippen molar-refractivity contribution in [1.82, 2.24) is 10.5 Å². The molecule has 33 heavy (non-hydrogen) atoms. The van der Waals surface area contributed by atoms with Crippen LogP contribution in [0.25, 0.3) is 0 Å². The summed E-state index contributed by atoms with van der Waals surface area (Å²) in [6.45, 7) is 7.93. The fraction of sp³-hybridized carbons (Fsp3) is 0.227. The summed E-state index contributed by atoms with van der Waals surface area (Å²) in [4.78, 5) is 12.6. The minimum atomic E-state index is -3.83. The van der Waals surface area contributed by atoms with Crippen LogP contribution in [0.15, 0.2) is 62.4 Å². The molecular weight excluding hydrogens is 528 g/mol. The van der Waals surface area contributed by atoms with Crippen molar-refractivity contribution in [3.8, 4) is 0 Å². The van der Waals surface area contributed by atoms with E-state index >= 15 is 0 Å². The number of aromatic nitrogens is 1. The number of nitrogens with zero attached hydrogens (tertiary/aromatic N) is 1. The van der Waals surface area contributed by atoms with Gasteiger partial charge < -0.3 is 9.84 Å². The Hall–Kier alpha value is -2.76. The molecule has 1 heterocycles. The lowest BCUT2D eigenvalue weighted by molar-refractivity contribution is 0.0977. The van der Waals surface area contributed by atoms with Crippen LogP contribution in [0, 0.1) is 6.92 Å². The summed E-state index contributed by atoms with van der Waals surface area (Å²) in [5.74, 6) is 0.223. The number of hydrogen-bond acceptors (Lipinski definition) is 6. The summed E-state index contributed by atoms with van der Waals surface area (Å²) in [5, 5.41) is 9.20. The fourth-order valence-corrected chi connectivity index (χ4v) is 5.10. The maximum Gasteiger partial charge on any atom is 0.263 e. The number of rotatable bonds is 5. The second kappa shape index (κ2) is 9.62. The minimum absolute atomic E-state index is 0.0347. The number of nitrogens with one attached hydrogen (secondary N) is 3. The van der Waals surface area contributed by atoms with E-state index in [-0.39, 0.29) is 27.1 Å². The summed E-state index contributed by atoms with van der Waals surface area (Å²) < 4.78 is 33.0. The van der Waals surface area contributed by atoms with Gasteiger partial charge in [0.1, 0.15) is 5.76 Å². The molecule has 0 bridgehead atoms. The van der Waals surface area contributed by atoms with Crippen LogP contribution in [0.4, 0.5) is 11.5 Å². The van der Waals surface area contributed by atoms with Gasteiger partial charge in [0.25, 0.3) is 15.9 Å². The Morgan fingerprint density at radius 3 is 2.30 bits per heavy atom. The first-order valence-corrected chi connectivity index (χ1v) is 12.5. The topological polar surface area (TPSA) is 113 Å². The molecule has 0 aliphatic heterocycles. The molecule has 0 saturated heterocycles. The van der Waals surface area contributed by atoms with Gasteiger partial charge in [0.15, 0.2) is 10.9 Å². The number of sulfonamides is 1. The van der Waals surface area contributed by atoms with Crippen molar-refractivity contribution in [2.75, 3.05) is 10.0 Å². The van der Waals surface area contributed by atoms with Crippen molar-refractivity contribution in [2.24, 2.45) is 0 Å². The maximum absolute atomic E-state index is 12.6. The van der Waals surface area contributed by atoms with E-state index in [2.05, 4.69) is 57.2 Å². The van der Waals surface area contributed by atoms with Gasteiger partial charge >= 0.3 is 0 Å². The largest absolute Gasteiger partial charge is 0.360 e. The van der Waals surface area contributed by atoms with E-state index < -0.39 is 10.0 Å². The Bertz CT molecular complexity index is 1300. The molecule has 0 spiro atoms. The maximum atomic E-state index is 12.6. The van der Waals surface area contributed by atoms with E-state index in [1.807, 2.05) is 6.07 Å². The van der Waals surface area contributed by atoms with Crippen molar-refractivity contribution in [3.05, 3.63) is 69.9 Å². The number of amides is 1. The normalized spacial score (nSPS) is 11.7. The molecular formula is C22H23BrN4O4S2. The third-order valence-electron chi connectivity index (χ3n) is 4.56. The SMILES string of the molecule is Cc1cc(NS(=O)(=O)c2ccc(NC(=S)NC(=O)c3ccc(C(C)(C)C)c(Br)c3)cc2)no1. The number of thiocarbonyl (C=S) groups is 1. The molecule has 0 saturated carbocycles. The van der Waals surface area contributed by atoms with Gasteiger partial charge in [-0.15, -0.1) is 0 Å². The van der Waals surface area contributed by atoms with E-state index in [1.54, 1.807) is 19.1 Å². The number of anilines is 2. The molecule has 1 amide bonds. The van der Waals surface area contributed by atoms with Crippen LogP contribution >= 0.6 is 28.1 Å². The molecule has 8 nitrogen and oxygen atoms in total. The standard InChI is InChI=1S/C22H23BrN4O4S2/c1-13-11-19(26-31-13)27-33(29,30)16-8-6-15(7-9-16)24-21(32)25-20(28)14-5-10-17(18(23)12-14)22(2,3)4/h5-12H,1-4H3,(H,26,27)(H2,24,25,28,32). The van der Waals surface area contributed by atoms with Crippen molar-refractivity contribution >= 4 is 60.7 Å². The van der Waals surface area contributed by atoms with Gasteiger partial charge in [-0.1, -0.05) is 47.9 Å². The zero-order valence-electron chi connectivity index (χ0n) is 18.4. The highest BCUT2D eigenvalue weighted by atomic mass is 79.9. The van der Waals surface area contributed by atoms with E-state index in [9.17, 15) is 13.2 Å². The minimum Gasteiger partial charge on any atom is -0.360 e. The second-order valence-electron chi connectivity index (χ2n) is 8.31. The van der Waals surface area contributed by atoms with Crippen molar-refractivity contribution in [3.63, 3.8) is 0 Å². The smallest absolute Gasteiger partial charge is 0.263 e. The molecule has 174 valence electrons. The summed E-state index contributed by atoms with van der Waals surface area (Å²) in [6, 6.07) is 12.8.